The molecular formula is C20H27N5O2. The molecule has 2 aliphatic heterocycles. The summed E-state index contributed by atoms with van der Waals surface area (Å²) in [5, 5.41) is 7.91. The zero-order chi connectivity index (χ0) is 18.5. The molecule has 1 N–H and O–H groups in total. The van der Waals surface area contributed by atoms with Crippen LogP contribution in [0.4, 0.5) is 0 Å². The minimum absolute atomic E-state index is 0.126. The first-order chi connectivity index (χ1) is 13.3. The van der Waals surface area contributed by atoms with E-state index in [1.54, 1.807) is 0 Å². The van der Waals surface area contributed by atoms with E-state index >= 15 is 0 Å². The number of rotatable bonds is 4. The van der Waals surface area contributed by atoms with Gasteiger partial charge < -0.3 is 19.7 Å². The number of guanidine groups is 1. The standard InChI is InChI=1S/C20H27N5O2/c1-21-20(24-9-11-27-19(15-24)18-8-5-10-26-18)22-12-16-13-23-25(14-16)17-6-3-2-4-7-17/h2-4,6-7,13-14,18-19H,5,8-12,15H2,1H3,(H,21,22). The SMILES string of the molecule is CN=C(NCc1cnn(-c2ccccc2)c1)N1CCOC(C2CCCO2)C1. The van der Waals surface area contributed by atoms with Gasteiger partial charge in [0.1, 0.15) is 6.10 Å². The zero-order valence-electron chi connectivity index (χ0n) is 15.8. The number of aromatic nitrogens is 2. The van der Waals surface area contributed by atoms with Crippen LogP contribution in [0.2, 0.25) is 0 Å². The van der Waals surface area contributed by atoms with Gasteiger partial charge in [-0.05, 0) is 25.0 Å². The largest absolute Gasteiger partial charge is 0.375 e. The Hall–Kier alpha value is -2.38. The third-order valence-electron chi connectivity index (χ3n) is 5.09. The summed E-state index contributed by atoms with van der Waals surface area (Å²) in [6.45, 7) is 3.89. The monoisotopic (exact) mass is 369 g/mol. The number of nitrogens with one attached hydrogen (secondary N) is 1. The van der Waals surface area contributed by atoms with Crippen molar-refractivity contribution < 1.29 is 9.47 Å². The number of morpholine rings is 1. The first-order valence-electron chi connectivity index (χ1n) is 9.61. The van der Waals surface area contributed by atoms with Gasteiger partial charge in [-0.2, -0.15) is 5.10 Å². The van der Waals surface area contributed by atoms with E-state index in [1.165, 1.54) is 0 Å². The lowest BCUT2D eigenvalue weighted by Crippen LogP contribution is -2.53. The highest BCUT2D eigenvalue weighted by Gasteiger charge is 2.32. The maximum Gasteiger partial charge on any atom is 0.194 e. The van der Waals surface area contributed by atoms with Crippen molar-refractivity contribution in [1.29, 1.82) is 0 Å². The number of hydrogen-bond donors (Lipinski definition) is 1. The molecule has 1 aromatic heterocycles. The van der Waals surface area contributed by atoms with Crippen LogP contribution >= 0.6 is 0 Å². The van der Waals surface area contributed by atoms with Crippen molar-refractivity contribution in [2.75, 3.05) is 33.4 Å². The zero-order valence-corrected chi connectivity index (χ0v) is 15.8. The predicted octanol–water partition coefficient (Wildman–Crippen LogP) is 1.83. The molecule has 0 bridgehead atoms. The normalized spacial score (nSPS) is 23.6. The summed E-state index contributed by atoms with van der Waals surface area (Å²) in [7, 11) is 1.83. The topological polar surface area (TPSA) is 63.9 Å². The summed E-state index contributed by atoms with van der Waals surface area (Å²) < 4.78 is 13.6. The molecule has 7 nitrogen and oxygen atoms in total. The highest BCUT2D eigenvalue weighted by molar-refractivity contribution is 5.80. The van der Waals surface area contributed by atoms with Crippen LogP contribution in [0.5, 0.6) is 0 Å². The Morgan fingerprint density at radius 1 is 1.22 bits per heavy atom. The summed E-state index contributed by atoms with van der Waals surface area (Å²) in [5.41, 5.74) is 2.17. The summed E-state index contributed by atoms with van der Waals surface area (Å²) in [6, 6.07) is 10.1. The van der Waals surface area contributed by atoms with Crippen molar-refractivity contribution in [1.82, 2.24) is 20.0 Å². The summed E-state index contributed by atoms with van der Waals surface area (Å²) in [6.07, 6.45) is 6.49. The molecule has 27 heavy (non-hydrogen) atoms. The molecule has 0 radical (unpaired) electrons. The van der Waals surface area contributed by atoms with Crippen molar-refractivity contribution in [3.63, 3.8) is 0 Å². The molecule has 2 aromatic rings. The molecule has 2 fully saturated rings. The van der Waals surface area contributed by atoms with Gasteiger partial charge in [0.05, 0.1) is 24.6 Å². The lowest BCUT2D eigenvalue weighted by molar-refractivity contribution is -0.0817. The molecule has 0 aliphatic carbocycles. The van der Waals surface area contributed by atoms with Gasteiger partial charge in [-0.15, -0.1) is 0 Å². The van der Waals surface area contributed by atoms with Gasteiger partial charge in [0.15, 0.2) is 5.96 Å². The molecule has 0 amide bonds. The van der Waals surface area contributed by atoms with Crippen molar-refractivity contribution >= 4 is 5.96 Å². The van der Waals surface area contributed by atoms with Crippen LogP contribution < -0.4 is 5.32 Å². The molecule has 2 atom stereocenters. The Bertz CT molecular complexity index is 755. The van der Waals surface area contributed by atoms with Gasteiger partial charge in [0.25, 0.3) is 0 Å². The smallest absolute Gasteiger partial charge is 0.194 e. The van der Waals surface area contributed by atoms with Crippen LogP contribution in [0.1, 0.15) is 18.4 Å². The number of hydrogen-bond acceptors (Lipinski definition) is 4. The van der Waals surface area contributed by atoms with E-state index in [-0.39, 0.29) is 12.2 Å². The summed E-state index contributed by atoms with van der Waals surface area (Å²) >= 11 is 0. The minimum atomic E-state index is 0.126. The van der Waals surface area contributed by atoms with Crippen molar-refractivity contribution in [3.05, 3.63) is 48.3 Å². The van der Waals surface area contributed by atoms with E-state index in [4.69, 9.17) is 9.47 Å². The fraction of sp³-hybridized carbons (Fsp3) is 0.500. The van der Waals surface area contributed by atoms with E-state index in [0.717, 1.165) is 49.7 Å². The van der Waals surface area contributed by atoms with E-state index in [9.17, 15) is 0 Å². The molecular weight excluding hydrogens is 342 g/mol. The average molecular weight is 369 g/mol. The molecule has 4 rings (SSSR count). The van der Waals surface area contributed by atoms with Crippen LogP contribution in [-0.2, 0) is 16.0 Å². The molecule has 1 aromatic carbocycles. The number of benzene rings is 1. The van der Waals surface area contributed by atoms with Gasteiger partial charge in [0, 0.05) is 45.0 Å². The van der Waals surface area contributed by atoms with Crippen molar-refractivity contribution in [2.24, 2.45) is 4.99 Å². The molecule has 2 aliphatic rings. The van der Waals surface area contributed by atoms with Gasteiger partial charge in [-0.25, -0.2) is 4.68 Å². The Kier molecular flexibility index (Phi) is 5.69. The Labute approximate surface area is 160 Å². The molecule has 3 heterocycles. The Morgan fingerprint density at radius 3 is 2.85 bits per heavy atom. The summed E-state index contributed by atoms with van der Waals surface area (Å²) in [5.74, 6) is 0.897. The second-order valence-corrected chi connectivity index (χ2v) is 6.94. The van der Waals surface area contributed by atoms with Gasteiger partial charge >= 0.3 is 0 Å². The predicted molar refractivity (Wildman–Crippen MR) is 104 cm³/mol. The van der Waals surface area contributed by atoms with E-state index < -0.39 is 0 Å². The number of aliphatic imine (C=N–C) groups is 1. The molecule has 144 valence electrons. The third kappa shape index (κ3) is 4.31. The molecule has 0 saturated carbocycles. The van der Waals surface area contributed by atoms with Crippen LogP contribution in [0.25, 0.3) is 5.69 Å². The van der Waals surface area contributed by atoms with Gasteiger partial charge in [0.2, 0.25) is 0 Å². The second kappa shape index (κ2) is 8.54. The molecule has 2 unspecified atom stereocenters. The van der Waals surface area contributed by atoms with E-state index in [1.807, 2.05) is 54.5 Å². The molecule has 7 heteroatoms. The fourth-order valence-electron chi connectivity index (χ4n) is 3.68. The van der Waals surface area contributed by atoms with Crippen molar-refractivity contribution in [3.8, 4) is 5.69 Å². The van der Waals surface area contributed by atoms with Crippen molar-refractivity contribution in [2.45, 2.75) is 31.6 Å². The maximum absolute atomic E-state index is 5.94. The highest BCUT2D eigenvalue weighted by Crippen LogP contribution is 2.21. The number of ether oxygens (including phenoxy) is 2. The lowest BCUT2D eigenvalue weighted by atomic mass is 10.1. The molecule has 2 saturated heterocycles. The minimum Gasteiger partial charge on any atom is -0.375 e. The van der Waals surface area contributed by atoms with E-state index in [0.29, 0.717) is 13.2 Å². The van der Waals surface area contributed by atoms with Crippen LogP contribution in [-0.4, -0.2) is 66.2 Å². The van der Waals surface area contributed by atoms with Crippen LogP contribution in [0.3, 0.4) is 0 Å². The number of nitrogens with zero attached hydrogens (tertiary/aromatic N) is 4. The Morgan fingerprint density at radius 2 is 2.07 bits per heavy atom. The van der Waals surface area contributed by atoms with E-state index in [2.05, 4.69) is 20.3 Å². The first kappa shape index (κ1) is 18.0. The average Bonchev–Trinajstić information content (AvgIpc) is 3.42. The molecule has 0 spiro atoms. The summed E-state index contributed by atoms with van der Waals surface area (Å²) in [4.78, 5) is 6.72. The van der Waals surface area contributed by atoms with Crippen LogP contribution in [0, 0.1) is 0 Å². The van der Waals surface area contributed by atoms with Gasteiger partial charge in [-0.1, -0.05) is 18.2 Å². The van der Waals surface area contributed by atoms with Gasteiger partial charge in [-0.3, -0.25) is 4.99 Å². The lowest BCUT2D eigenvalue weighted by Gasteiger charge is -2.37. The number of para-hydroxylation sites is 1. The maximum atomic E-state index is 5.94. The highest BCUT2D eigenvalue weighted by atomic mass is 16.5. The fourth-order valence-corrected chi connectivity index (χ4v) is 3.68. The first-order valence-corrected chi connectivity index (χ1v) is 9.61. The Balaban J connectivity index is 1.34. The third-order valence-corrected chi connectivity index (χ3v) is 5.09. The van der Waals surface area contributed by atoms with Crippen LogP contribution in [0.15, 0.2) is 47.7 Å². The second-order valence-electron chi connectivity index (χ2n) is 6.94. The quantitative estimate of drug-likeness (QED) is 0.658.